The Balaban J connectivity index is 1.70. The average molecular weight is 345 g/mol. The molecule has 1 fully saturated rings. The highest BCUT2D eigenvalue weighted by atomic mass is 19.3. The summed E-state index contributed by atoms with van der Waals surface area (Å²) >= 11 is 0. The van der Waals surface area contributed by atoms with Crippen molar-refractivity contribution in [3.8, 4) is 11.5 Å². The highest BCUT2D eigenvalue weighted by molar-refractivity contribution is 5.54. The van der Waals surface area contributed by atoms with Gasteiger partial charge >= 0.3 is 0 Å². The molecule has 4 rings (SSSR count). The van der Waals surface area contributed by atoms with Crippen molar-refractivity contribution in [3.63, 3.8) is 0 Å². The normalized spacial score (nSPS) is 16.0. The van der Waals surface area contributed by atoms with Gasteiger partial charge in [0.15, 0.2) is 5.82 Å². The summed E-state index contributed by atoms with van der Waals surface area (Å²) in [6.45, 7) is 0. The Morgan fingerprint density at radius 2 is 1.84 bits per heavy atom. The van der Waals surface area contributed by atoms with Gasteiger partial charge in [0.1, 0.15) is 5.82 Å². The van der Waals surface area contributed by atoms with Gasteiger partial charge in [-0.15, -0.1) is 0 Å². The SMILES string of the molecule is Fc1cc(-c2nc(C3(c4ccncc4)CCC3)no2)ccc1C(F)F. The molecule has 1 aromatic carbocycles. The van der Waals surface area contributed by atoms with E-state index in [0.29, 0.717) is 5.82 Å². The summed E-state index contributed by atoms with van der Waals surface area (Å²) in [6, 6.07) is 7.25. The summed E-state index contributed by atoms with van der Waals surface area (Å²) in [5.74, 6) is -0.340. The summed E-state index contributed by atoms with van der Waals surface area (Å²) in [7, 11) is 0. The third-order valence-corrected chi connectivity index (χ3v) is 4.78. The lowest BCUT2D eigenvalue weighted by Gasteiger charge is -2.39. The number of hydrogen-bond donors (Lipinski definition) is 0. The standard InChI is InChI=1S/C18H14F3N3O/c19-14-10-11(2-3-13(14)15(20)21)16-23-17(24-25-16)18(6-1-7-18)12-4-8-22-9-5-12/h2-5,8-10,15H,1,6-7H2. The van der Waals surface area contributed by atoms with Crippen molar-refractivity contribution >= 4 is 0 Å². The number of hydrogen-bond acceptors (Lipinski definition) is 4. The predicted molar refractivity (Wildman–Crippen MR) is 83.5 cm³/mol. The fraction of sp³-hybridized carbons (Fsp3) is 0.278. The molecule has 7 heteroatoms. The van der Waals surface area contributed by atoms with Gasteiger partial charge in [-0.05, 0) is 48.7 Å². The smallest absolute Gasteiger partial charge is 0.266 e. The Labute approximate surface area is 141 Å². The first kappa shape index (κ1) is 15.8. The number of rotatable bonds is 4. The Bertz CT molecular complexity index is 892. The Hall–Kier alpha value is -2.70. The topological polar surface area (TPSA) is 51.8 Å². The lowest BCUT2D eigenvalue weighted by Crippen LogP contribution is -2.36. The van der Waals surface area contributed by atoms with Crippen molar-refractivity contribution in [1.82, 2.24) is 15.1 Å². The third-order valence-electron chi connectivity index (χ3n) is 4.78. The molecule has 1 aliphatic carbocycles. The Morgan fingerprint density at radius 3 is 2.44 bits per heavy atom. The molecule has 0 N–H and O–H groups in total. The van der Waals surface area contributed by atoms with E-state index in [1.807, 2.05) is 12.1 Å². The summed E-state index contributed by atoms with van der Waals surface area (Å²) in [6.07, 6.45) is 3.38. The van der Waals surface area contributed by atoms with Crippen molar-refractivity contribution in [2.75, 3.05) is 0 Å². The van der Waals surface area contributed by atoms with Crippen LogP contribution in [0.4, 0.5) is 13.2 Å². The van der Waals surface area contributed by atoms with Crippen LogP contribution in [-0.4, -0.2) is 15.1 Å². The van der Waals surface area contributed by atoms with E-state index in [4.69, 9.17) is 4.52 Å². The first-order valence-corrected chi connectivity index (χ1v) is 7.93. The Kier molecular flexibility index (Phi) is 3.78. The van der Waals surface area contributed by atoms with Gasteiger partial charge in [0.2, 0.25) is 0 Å². The zero-order valence-corrected chi connectivity index (χ0v) is 13.1. The summed E-state index contributed by atoms with van der Waals surface area (Å²) in [5, 5.41) is 4.07. The summed E-state index contributed by atoms with van der Waals surface area (Å²) in [4.78, 5) is 8.44. The van der Waals surface area contributed by atoms with E-state index in [2.05, 4.69) is 15.1 Å². The molecular formula is C18H14F3N3O. The summed E-state index contributed by atoms with van der Waals surface area (Å²) in [5.41, 5.74) is 0.368. The van der Waals surface area contributed by atoms with Crippen molar-refractivity contribution in [2.45, 2.75) is 31.1 Å². The molecule has 25 heavy (non-hydrogen) atoms. The molecule has 0 bridgehead atoms. The van der Waals surface area contributed by atoms with Crippen LogP contribution < -0.4 is 0 Å². The first-order valence-electron chi connectivity index (χ1n) is 7.93. The van der Waals surface area contributed by atoms with E-state index < -0.39 is 17.8 Å². The van der Waals surface area contributed by atoms with Gasteiger partial charge in [-0.25, -0.2) is 13.2 Å². The van der Waals surface area contributed by atoms with E-state index in [1.54, 1.807) is 12.4 Å². The zero-order valence-electron chi connectivity index (χ0n) is 13.1. The summed E-state index contributed by atoms with van der Waals surface area (Å²) < 4.78 is 44.4. The van der Waals surface area contributed by atoms with Crippen LogP contribution in [-0.2, 0) is 5.41 Å². The molecule has 0 amide bonds. The quantitative estimate of drug-likeness (QED) is 0.689. The third kappa shape index (κ3) is 2.59. The highest BCUT2D eigenvalue weighted by Crippen LogP contribution is 2.47. The number of halogens is 3. The number of alkyl halides is 2. The monoisotopic (exact) mass is 345 g/mol. The second-order valence-corrected chi connectivity index (χ2v) is 6.13. The maximum absolute atomic E-state index is 13.8. The van der Waals surface area contributed by atoms with Crippen LogP contribution in [0.15, 0.2) is 47.2 Å². The van der Waals surface area contributed by atoms with Crippen LogP contribution >= 0.6 is 0 Å². The maximum Gasteiger partial charge on any atom is 0.266 e. The Morgan fingerprint density at radius 1 is 1.08 bits per heavy atom. The number of pyridine rings is 1. The second kappa shape index (κ2) is 5.98. The largest absolute Gasteiger partial charge is 0.334 e. The number of benzene rings is 1. The van der Waals surface area contributed by atoms with Crippen LogP contribution in [0.5, 0.6) is 0 Å². The van der Waals surface area contributed by atoms with Crippen LogP contribution in [0, 0.1) is 5.82 Å². The van der Waals surface area contributed by atoms with Crippen molar-refractivity contribution in [3.05, 3.63) is 65.5 Å². The molecule has 0 atom stereocenters. The molecule has 1 saturated carbocycles. The van der Waals surface area contributed by atoms with Gasteiger partial charge in [0, 0.05) is 18.0 Å². The molecule has 0 radical (unpaired) electrons. The second-order valence-electron chi connectivity index (χ2n) is 6.13. The number of nitrogens with zero attached hydrogens (tertiary/aromatic N) is 3. The first-order chi connectivity index (χ1) is 12.1. The highest BCUT2D eigenvalue weighted by Gasteiger charge is 2.44. The molecule has 2 heterocycles. The van der Waals surface area contributed by atoms with Gasteiger partial charge in [0.05, 0.1) is 11.0 Å². The van der Waals surface area contributed by atoms with Crippen molar-refractivity contribution < 1.29 is 17.7 Å². The van der Waals surface area contributed by atoms with E-state index in [1.165, 1.54) is 6.07 Å². The fourth-order valence-electron chi connectivity index (χ4n) is 3.21. The number of aromatic nitrogens is 3. The molecule has 2 aromatic heterocycles. The fourth-order valence-corrected chi connectivity index (χ4v) is 3.21. The van der Waals surface area contributed by atoms with Crippen LogP contribution in [0.3, 0.4) is 0 Å². The van der Waals surface area contributed by atoms with Gasteiger partial charge in [-0.2, -0.15) is 4.98 Å². The molecule has 1 aliphatic rings. The lowest BCUT2D eigenvalue weighted by atomic mass is 9.64. The maximum atomic E-state index is 13.8. The molecular weight excluding hydrogens is 331 g/mol. The molecule has 0 unspecified atom stereocenters. The minimum absolute atomic E-state index is 0.120. The van der Waals surface area contributed by atoms with Gasteiger partial charge in [-0.1, -0.05) is 11.6 Å². The van der Waals surface area contributed by atoms with Gasteiger partial charge in [-0.3, -0.25) is 4.98 Å². The van der Waals surface area contributed by atoms with Gasteiger partial charge in [0.25, 0.3) is 12.3 Å². The van der Waals surface area contributed by atoms with E-state index in [0.717, 1.165) is 37.0 Å². The van der Waals surface area contributed by atoms with Crippen molar-refractivity contribution in [2.24, 2.45) is 0 Å². The molecule has 0 spiro atoms. The molecule has 0 saturated heterocycles. The van der Waals surface area contributed by atoms with Crippen LogP contribution in [0.2, 0.25) is 0 Å². The molecule has 0 aliphatic heterocycles. The van der Waals surface area contributed by atoms with E-state index in [9.17, 15) is 13.2 Å². The van der Waals surface area contributed by atoms with Crippen molar-refractivity contribution in [1.29, 1.82) is 0 Å². The van der Waals surface area contributed by atoms with Crippen LogP contribution in [0.1, 0.15) is 42.6 Å². The predicted octanol–water partition coefficient (Wildman–Crippen LogP) is 4.68. The van der Waals surface area contributed by atoms with E-state index in [-0.39, 0.29) is 16.9 Å². The van der Waals surface area contributed by atoms with Crippen LogP contribution in [0.25, 0.3) is 11.5 Å². The molecule has 128 valence electrons. The molecule has 4 nitrogen and oxygen atoms in total. The minimum Gasteiger partial charge on any atom is -0.334 e. The zero-order chi connectivity index (χ0) is 17.4. The van der Waals surface area contributed by atoms with Gasteiger partial charge < -0.3 is 4.52 Å². The van der Waals surface area contributed by atoms with E-state index >= 15 is 0 Å². The minimum atomic E-state index is -2.86. The average Bonchev–Trinajstić information content (AvgIpc) is 3.04. The lowest BCUT2D eigenvalue weighted by molar-refractivity contribution is 0.146. The molecule has 3 aromatic rings.